The molecule has 5 heteroatoms. The molecular weight excluding hydrogens is 314 g/mol. The predicted molar refractivity (Wildman–Crippen MR) is 98.4 cm³/mol. The largest absolute Gasteiger partial charge is 0.496 e. The Morgan fingerprint density at radius 3 is 2.48 bits per heavy atom. The maximum Gasteiger partial charge on any atom is 0.229 e. The van der Waals surface area contributed by atoms with Gasteiger partial charge < -0.3 is 10.1 Å². The van der Waals surface area contributed by atoms with E-state index in [1.165, 1.54) is 0 Å². The number of nitrogens with one attached hydrogen (secondary N) is 1. The summed E-state index contributed by atoms with van der Waals surface area (Å²) in [6.45, 7) is 3.84. The number of benzene rings is 2. The summed E-state index contributed by atoms with van der Waals surface area (Å²) in [6, 6.07) is 17.4. The lowest BCUT2D eigenvalue weighted by molar-refractivity contribution is -0.115. The zero-order chi connectivity index (χ0) is 17.8. The number of anilines is 1. The number of aromatic nitrogens is 2. The normalized spacial score (nSPS) is 10.5. The van der Waals surface area contributed by atoms with Crippen LogP contribution in [0.2, 0.25) is 0 Å². The molecular formula is C20H21N3O2. The number of aryl methyl sites for hydroxylation is 1. The van der Waals surface area contributed by atoms with Crippen LogP contribution in [-0.4, -0.2) is 22.8 Å². The molecule has 3 rings (SSSR count). The van der Waals surface area contributed by atoms with Crippen LogP contribution < -0.4 is 10.1 Å². The van der Waals surface area contributed by atoms with E-state index in [9.17, 15) is 4.79 Å². The van der Waals surface area contributed by atoms with Gasteiger partial charge in [0.25, 0.3) is 0 Å². The van der Waals surface area contributed by atoms with Gasteiger partial charge >= 0.3 is 0 Å². The van der Waals surface area contributed by atoms with E-state index in [1.807, 2.05) is 73.1 Å². The number of para-hydroxylation sites is 2. The highest BCUT2D eigenvalue weighted by atomic mass is 16.5. The average Bonchev–Trinajstić information content (AvgIpc) is 2.91. The van der Waals surface area contributed by atoms with Crippen molar-refractivity contribution in [3.63, 3.8) is 0 Å². The van der Waals surface area contributed by atoms with Gasteiger partial charge in [-0.15, -0.1) is 0 Å². The van der Waals surface area contributed by atoms with Gasteiger partial charge in [0.1, 0.15) is 5.75 Å². The predicted octanol–water partition coefficient (Wildman–Crippen LogP) is 3.68. The molecule has 0 unspecified atom stereocenters. The molecule has 0 radical (unpaired) electrons. The van der Waals surface area contributed by atoms with Gasteiger partial charge in [-0.2, -0.15) is 5.10 Å². The summed E-state index contributed by atoms with van der Waals surface area (Å²) in [4.78, 5) is 12.5. The molecule has 0 saturated heterocycles. The third-order valence-corrected chi connectivity index (χ3v) is 4.10. The number of hydrogen-bond donors (Lipinski definition) is 1. The molecule has 2 aromatic carbocycles. The number of carbonyl (C=O) groups is 1. The van der Waals surface area contributed by atoms with E-state index in [2.05, 4.69) is 10.4 Å². The Kier molecular flexibility index (Phi) is 4.84. The van der Waals surface area contributed by atoms with Crippen LogP contribution in [0.3, 0.4) is 0 Å². The Hall–Kier alpha value is -3.08. The quantitative estimate of drug-likeness (QED) is 0.774. The number of carbonyl (C=O) groups excluding carboxylic acids is 1. The molecule has 3 aromatic rings. The van der Waals surface area contributed by atoms with Crippen LogP contribution in [0.15, 0.2) is 54.6 Å². The van der Waals surface area contributed by atoms with E-state index >= 15 is 0 Å². The lowest BCUT2D eigenvalue weighted by atomic mass is 10.1. The summed E-state index contributed by atoms with van der Waals surface area (Å²) >= 11 is 0. The van der Waals surface area contributed by atoms with Gasteiger partial charge in [-0.05, 0) is 32.0 Å². The number of hydrogen-bond acceptors (Lipinski definition) is 3. The molecule has 1 heterocycles. The molecule has 0 aliphatic rings. The van der Waals surface area contributed by atoms with Crippen molar-refractivity contribution in [3.8, 4) is 11.4 Å². The molecule has 0 aliphatic carbocycles. The van der Waals surface area contributed by atoms with Crippen molar-refractivity contribution in [2.24, 2.45) is 0 Å². The summed E-state index contributed by atoms with van der Waals surface area (Å²) in [6.07, 6.45) is 0.249. The van der Waals surface area contributed by atoms with Gasteiger partial charge in [-0.25, -0.2) is 4.68 Å². The van der Waals surface area contributed by atoms with Crippen LogP contribution in [0, 0.1) is 13.8 Å². The molecule has 1 amide bonds. The molecule has 1 aromatic heterocycles. The minimum absolute atomic E-state index is 0.0942. The summed E-state index contributed by atoms with van der Waals surface area (Å²) < 4.78 is 7.15. The summed E-state index contributed by atoms with van der Waals surface area (Å²) in [5, 5.41) is 7.54. The van der Waals surface area contributed by atoms with Gasteiger partial charge in [0, 0.05) is 5.56 Å². The first-order chi connectivity index (χ1) is 12.1. The first-order valence-corrected chi connectivity index (χ1v) is 8.13. The highest BCUT2D eigenvalue weighted by Crippen LogP contribution is 2.24. The van der Waals surface area contributed by atoms with E-state index < -0.39 is 0 Å². The minimum Gasteiger partial charge on any atom is -0.496 e. The van der Waals surface area contributed by atoms with Crippen molar-refractivity contribution in [3.05, 3.63) is 71.5 Å². The topological polar surface area (TPSA) is 56.1 Å². The van der Waals surface area contributed by atoms with Crippen molar-refractivity contribution < 1.29 is 9.53 Å². The zero-order valence-electron chi connectivity index (χ0n) is 14.6. The first kappa shape index (κ1) is 16.8. The van der Waals surface area contributed by atoms with Gasteiger partial charge in [-0.3, -0.25) is 4.79 Å². The van der Waals surface area contributed by atoms with Crippen LogP contribution in [-0.2, 0) is 11.2 Å². The maximum atomic E-state index is 12.5. The van der Waals surface area contributed by atoms with E-state index in [1.54, 1.807) is 7.11 Å². The Balaban J connectivity index is 1.81. The van der Waals surface area contributed by atoms with Crippen molar-refractivity contribution in [1.82, 2.24) is 9.78 Å². The first-order valence-electron chi connectivity index (χ1n) is 8.13. The molecule has 0 atom stereocenters. The fourth-order valence-electron chi connectivity index (χ4n) is 2.85. The number of ether oxygens (including phenoxy) is 1. The summed E-state index contributed by atoms with van der Waals surface area (Å²) in [5.41, 5.74) is 4.26. The van der Waals surface area contributed by atoms with Crippen LogP contribution in [0.4, 0.5) is 5.69 Å². The summed E-state index contributed by atoms with van der Waals surface area (Å²) in [5.74, 6) is 0.620. The molecule has 25 heavy (non-hydrogen) atoms. The molecule has 1 N–H and O–H groups in total. The monoisotopic (exact) mass is 335 g/mol. The number of nitrogens with zero attached hydrogens (tertiary/aromatic N) is 2. The molecule has 0 spiro atoms. The molecule has 0 saturated carbocycles. The highest BCUT2D eigenvalue weighted by molar-refractivity contribution is 5.93. The number of methoxy groups -OCH3 is 1. The average molecular weight is 335 g/mol. The zero-order valence-corrected chi connectivity index (χ0v) is 14.6. The third kappa shape index (κ3) is 3.55. The Morgan fingerprint density at radius 2 is 1.76 bits per heavy atom. The van der Waals surface area contributed by atoms with Crippen molar-refractivity contribution in [2.75, 3.05) is 12.4 Å². The Morgan fingerprint density at radius 1 is 1.08 bits per heavy atom. The Labute approximate surface area is 147 Å². The van der Waals surface area contributed by atoms with Gasteiger partial charge in [0.2, 0.25) is 5.91 Å². The van der Waals surface area contributed by atoms with E-state index in [0.29, 0.717) is 5.75 Å². The number of rotatable bonds is 5. The minimum atomic E-state index is -0.0942. The second-order valence-electron chi connectivity index (χ2n) is 5.83. The van der Waals surface area contributed by atoms with Crippen molar-refractivity contribution in [2.45, 2.75) is 20.3 Å². The van der Waals surface area contributed by atoms with Gasteiger partial charge in [-0.1, -0.05) is 36.4 Å². The standard InChI is InChI=1S/C20H21N3O2/c1-14-20(15(2)23(22-14)17-10-5-4-6-11-17)21-19(24)13-16-9-7-8-12-18(16)25-3/h4-12H,13H2,1-3H3,(H,21,24). The molecule has 5 nitrogen and oxygen atoms in total. The van der Waals surface area contributed by atoms with E-state index in [0.717, 1.165) is 28.3 Å². The highest BCUT2D eigenvalue weighted by Gasteiger charge is 2.16. The van der Waals surface area contributed by atoms with Crippen molar-refractivity contribution in [1.29, 1.82) is 0 Å². The second-order valence-corrected chi connectivity index (χ2v) is 5.83. The molecule has 0 aliphatic heterocycles. The smallest absolute Gasteiger partial charge is 0.229 e. The maximum absolute atomic E-state index is 12.5. The van der Waals surface area contributed by atoms with Crippen LogP contribution in [0.5, 0.6) is 5.75 Å². The lowest BCUT2D eigenvalue weighted by Gasteiger charge is -2.09. The second kappa shape index (κ2) is 7.21. The lowest BCUT2D eigenvalue weighted by Crippen LogP contribution is -2.16. The SMILES string of the molecule is COc1ccccc1CC(=O)Nc1c(C)nn(-c2ccccc2)c1C. The van der Waals surface area contributed by atoms with Crippen LogP contribution >= 0.6 is 0 Å². The fourth-order valence-corrected chi connectivity index (χ4v) is 2.85. The van der Waals surface area contributed by atoms with Gasteiger partial charge in [0.15, 0.2) is 0 Å². The van der Waals surface area contributed by atoms with Crippen molar-refractivity contribution >= 4 is 11.6 Å². The van der Waals surface area contributed by atoms with Crippen LogP contribution in [0.1, 0.15) is 17.0 Å². The van der Waals surface area contributed by atoms with E-state index in [4.69, 9.17) is 4.74 Å². The molecule has 0 bridgehead atoms. The third-order valence-electron chi connectivity index (χ3n) is 4.10. The fraction of sp³-hybridized carbons (Fsp3) is 0.200. The molecule has 128 valence electrons. The van der Waals surface area contributed by atoms with Crippen LogP contribution in [0.25, 0.3) is 5.69 Å². The Bertz CT molecular complexity index is 885. The van der Waals surface area contributed by atoms with Gasteiger partial charge in [0.05, 0.1) is 36.3 Å². The van der Waals surface area contributed by atoms with E-state index in [-0.39, 0.29) is 12.3 Å². The summed E-state index contributed by atoms with van der Waals surface area (Å²) in [7, 11) is 1.61. The molecule has 0 fully saturated rings. The number of amides is 1.